The summed E-state index contributed by atoms with van der Waals surface area (Å²) in [6.45, 7) is 0. The van der Waals surface area contributed by atoms with Crippen LogP contribution in [-0.4, -0.2) is 11.3 Å². The highest BCUT2D eigenvalue weighted by atomic mass is 32.2. The Morgan fingerprint density at radius 3 is 2.88 bits per heavy atom. The Labute approximate surface area is 107 Å². The summed E-state index contributed by atoms with van der Waals surface area (Å²) in [6.07, 6.45) is 4.12. The van der Waals surface area contributed by atoms with Crippen molar-refractivity contribution in [1.29, 1.82) is 5.26 Å². The summed E-state index contributed by atoms with van der Waals surface area (Å²) in [6, 6.07) is 12.7. The number of nitrogens with zero attached hydrogens (tertiary/aromatic N) is 1. The molecule has 1 aromatic rings. The largest absolute Gasteiger partial charge is 0.313 e. The second kappa shape index (κ2) is 5.57. The molecule has 0 spiro atoms. The zero-order valence-electron chi connectivity index (χ0n) is 9.93. The van der Waals surface area contributed by atoms with Crippen LogP contribution in [-0.2, 0) is 0 Å². The van der Waals surface area contributed by atoms with E-state index in [1.807, 2.05) is 17.8 Å². The smallest absolute Gasteiger partial charge is 0.107 e. The summed E-state index contributed by atoms with van der Waals surface area (Å²) in [7, 11) is 0. The Morgan fingerprint density at radius 1 is 1.41 bits per heavy atom. The number of hydrogen-bond donors (Lipinski definition) is 1. The van der Waals surface area contributed by atoms with Gasteiger partial charge in [-0.25, -0.2) is 0 Å². The van der Waals surface area contributed by atoms with E-state index in [2.05, 4.69) is 30.3 Å². The molecular formula is C14H18N2S. The maximum absolute atomic E-state index is 9.13. The number of nitriles is 1. The Kier molecular flexibility index (Phi) is 4.09. The van der Waals surface area contributed by atoms with Gasteiger partial charge >= 0.3 is 0 Å². The van der Waals surface area contributed by atoms with E-state index in [-0.39, 0.29) is 0 Å². The maximum atomic E-state index is 9.13. The van der Waals surface area contributed by atoms with Gasteiger partial charge in [-0.05, 0) is 43.1 Å². The normalized spacial score (nSPS) is 27.9. The van der Waals surface area contributed by atoms with E-state index in [1.54, 1.807) is 0 Å². The minimum Gasteiger partial charge on any atom is -0.313 e. The Bertz CT molecular complexity index is 398. The van der Waals surface area contributed by atoms with E-state index in [0.29, 0.717) is 5.92 Å². The van der Waals surface area contributed by atoms with E-state index in [9.17, 15) is 0 Å². The molecule has 0 bridgehead atoms. The monoisotopic (exact) mass is 246 g/mol. The number of nitrogens with two attached hydrogens (primary N) is 1. The van der Waals surface area contributed by atoms with Crippen LogP contribution in [0.15, 0.2) is 35.2 Å². The second-order valence-electron chi connectivity index (χ2n) is 4.69. The van der Waals surface area contributed by atoms with Crippen molar-refractivity contribution >= 4 is 11.8 Å². The highest BCUT2D eigenvalue weighted by Gasteiger charge is 2.39. The molecule has 90 valence electrons. The molecule has 17 heavy (non-hydrogen) atoms. The van der Waals surface area contributed by atoms with Gasteiger partial charge in [0.25, 0.3) is 0 Å². The van der Waals surface area contributed by atoms with Crippen LogP contribution in [0.5, 0.6) is 0 Å². The molecule has 1 aromatic carbocycles. The van der Waals surface area contributed by atoms with Crippen LogP contribution < -0.4 is 5.73 Å². The lowest BCUT2D eigenvalue weighted by atomic mass is 9.88. The third kappa shape index (κ3) is 3.02. The highest BCUT2D eigenvalue weighted by molar-refractivity contribution is 7.99. The highest BCUT2D eigenvalue weighted by Crippen LogP contribution is 2.36. The van der Waals surface area contributed by atoms with Gasteiger partial charge in [0.2, 0.25) is 0 Å². The molecule has 2 nitrogen and oxygen atoms in total. The zero-order chi connectivity index (χ0) is 12.1. The van der Waals surface area contributed by atoms with E-state index in [0.717, 1.165) is 31.4 Å². The number of rotatable bonds is 4. The molecule has 0 aromatic heterocycles. The Morgan fingerprint density at radius 2 is 2.18 bits per heavy atom. The van der Waals surface area contributed by atoms with Crippen molar-refractivity contribution in [2.75, 3.05) is 5.75 Å². The van der Waals surface area contributed by atoms with Crippen LogP contribution in [0.25, 0.3) is 0 Å². The summed E-state index contributed by atoms with van der Waals surface area (Å²) in [5, 5.41) is 9.13. The second-order valence-corrected chi connectivity index (χ2v) is 5.86. The van der Waals surface area contributed by atoms with Gasteiger partial charge in [0.15, 0.2) is 0 Å². The molecule has 1 saturated carbocycles. The van der Waals surface area contributed by atoms with Crippen LogP contribution in [0.4, 0.5) is 0 Å². The molecule has 1 fully saturated rings. The third-order valence-electron chi connectivity index (χ3n) is 3.56. The van der Waals surface area contributed by atoms with Crippen molar-refractivity contribution in [1.82, 2.24) is 0 Å². The summed E-state index contributed by atoms with van der Waals surface area (Å²) < 4.78 is 0. The quantitative estimate of drug-likeness (QED) is 0.830. The van der Waals surface area contributed by atoms with Gasteiger partial charge in [-0.3, -0.25) is 0 Å². The molecule has 0 heterocycles. The fourth-order valence-electron chi connectivity index (χ4n) is 2.49. The standard InChI is InChI=1S/C14H18N2S/c15-11-14(16)9-4-5-12(14)8-10-17-13-6-2-1-3-7-13/h1-3,6-7,12H,4-5,8-10,16H2. The van der Waals surface area contributed by atoms with Crippen LogP contribution in [0.1, 0.15) is 25.7 Å². The number of thioether (sulfide) groups is 1. The van der Waals surface area contributed by atoms with Gasteiger partial charge in [-0.1, -0.05) is 24.6 Å². The Hall–Kier alpha value is -0.980. The van der Waals surface area contributed by atoms with Crippen molar-refractivity contribution in [3.05, 3.63) is 30.3 Å². The molecule has 2 atom stereocenters. The van der Waals surface area contributed by atoms with E-state index in [1.165, 1.54) is 4.90 Å². The molecular weight excluding hydrogens is 228 g/mol. The van der Waals surface area contributed by atoms with Crippen molar-refractivity contribution in [3.8, 4) is 6.07 Å². The lowest BCUT2D eigenvalue weighted by Crippen LogP contribution is -2.41. The van der Waals surface area contributed by atoms with E-state index < -0.39 is 5.54 Å². The molecule has 0 saturated heterocycles. The SMILES string of the molecule is N#CC1(N)CCCC1CCSc1ccccc1. The molecule has 0 amide bonds. The van der Waals surface area contributed by atoms with Gasteiger partial charge in [-0.15, -0.1) is 11.8 Å². The minimum absolute atomic E-state index is 0.378. The first-order chi connectivity index (χ1) is 8.24. The minimum atomic E-state index is -0.558. The lowest BCUT2D eigenvalue weighted by Gasteiger charge is -2.23. The van der Waals surface area contributed by atoms with Gasteiger partial charge in [0.05, 0.1) is 6.07 Å². The van der Waals surface area contributed by atoms with Crippen molar-refractivity contribution < 1.29 is 0 Å². The van der Waals surface area contributed by atoms with Crippen LogP contribution in [0, 0.1) is 17.2 Å². The van der Waals surface area contributed by atoms with Crippen molar-refractivity contribution in [3.63, 3.8) is 0 Å². The van der Waals surface area contributed by atoms with Gasteiger partial charge < -0.3 is 5.73 Å². The zero-order valence-corrected chi connectivity index (χ0v) is 10.7. The molecule has 1 aliphatic carbocycles. The van der Waals surface area contributed by atoms with Gasteiger partial charge in [0.1, 0.15) is 5.54 Å². The molecule has 2 rings (SSSR count). The summed E-state index contributed by atoms with van der Waals surface area (Å²) in [4.78, 5) is 1.30. The lowest BCUT2D eigenvalue weighted by molar-refractivity contribution is 0.389. The van der Waals surface area contributed by atoms with Gasteiger partial charge in [0, 0.05) is 4.90 Å². The predicted octanol–water partition coefficient (Wildman–Crippen LogP) is 3.19. The first kappa shape index (κ1) is 12.5. The summed E-state index contributed by atoms with van der Waals surface area (Å²) >= 11 is 1.85. The fourth-order valence-corrected chi connectivity index (χ4v) is 3.48. The molecule has 3 heteroatoms. The Balaban J connectivity index is 1.81. The first-order valence-corrected chi connectivity index (χ1v) is 7.11. The maximum Gasteiger partial charge on any atom is 0.107 e. The van der Waals surface area contributed by atoms with Crippen LogP contribution >= 0.6 is 11.8 Å². The fraction of sp³-hybridized carbons (Fsp3) is 0.500. The van der Waals surface area contributed by atoms with Crippen molar-refractivity contribution in [2.24, 2.45) is 11.7 Å². The van der Waals surface area contributed by atoms with Crippen molar-refractivity contribution in [2.45, 2.75) is 36.1 Å². The van der Waals surface area contributed by atoms with E-state index >= 15 is 0 Å². The third-order valence-corrected chi connectivity index (χ3v) is 4.60. The van der Waals surface area contributed by atoms with E-state index in [4.69, 9.17) is 11.0 Å². The predicted molar refractivity (Wildman–Crippen MR) is 71.7 cm³/mol. The topological polar surface area (TPSA) is 49.8 Å². The average molecular weight is 246 g/mol. The molecule has 0 aliphatic heterocycles. The number of hydrogen-bond acceptors (Lipinski definition) is 3. The molecule has 2 unspecified atom stereocenters. The van der Waals surface area contributed by atoms with Gasteiger partial charge in [-0.2, -0.15) is 5.26 Å². The van der Waals surface area contributed by atoms with Crippen LogP contribution in [0.2, 0.25) is 0 Å². The molecule has 0 radical (unpaired) electrons. The molecule has 2 N–H and O–H groups in total. The first-order valence-electron chi connectivity index (χ1n) is 6.12. The average Bonchev–Trinajstić information content (AvgIpc) is 2.73. The number of benzene rings is 1. The van der Waals surface area contributed by atoms with Crippen LogP contribution in [0.3, 0.4) is 0 Å². The summed E-state index contributed by atoms with van der Waals surface area (Å²) in [5.74, 6) is 1.43. The molecule has 1 aliphatic rings. The summed E-state index contributed by atoms with van der Waals surface area (Å²) in [5.41, 5.74) is 5.55.